The number of hydrogen-bond acceptors (Lipinski definition) is 21. The van der Waals surface area contributed by atoms with Crippen LogP contribution in [0.3, 0.4) is 0 Å². The number of ketones is 3. The van der Waals surface area contributed by atoms with Gasteiger partial charge in [0.2, 0.25) is 29.9 Å². The van der Waals surface area contributed by atoms with Gasteiger partial charge in [0.15, 0.2) is 0 Å². The van der Waals surface area contributed by atoms with Crippen molar-refractivity contribution in [2.24, 2.45) is 16.2 Å². The highest BCUT2D eigenvalue weighted by Crippen LogP contribution is 2.25. The van der Waals surface area contributed by atoms with Gasteiger partial charge in [0.05, 0.1) is 34.6 Å². The molecule has 27 heteroatoms. The summed E-state index contributed by atoms with van der Waals surface area (Å²) in [5.41, 5.74) is -1.91. The maximum atomic E-state index is 12.6. The molecule has 0 bridgehead atoms. The molecule has 1 unspecified atom stereocenters. The minimum atomic E-state index is -1.33. The molecule has 87 heavy (non-hydrogen) atoms. The van der Waals surface area contributed by atoms with Gasteiger partial charge in [-0.1, -0.05) is 37.8 Å². The first-order valence-corrected chi connectivity index (χ1v) is 27.3. The highest BCUT2D eigenvalue weighted by Gasteiger charge is 2.34. The van der Waals surface area contributed by atoms with E-state index < -0.39 is 126 Å². The van der Waals surface area contributed by atoms with Crippen molar-refractivity contribution in [2.45, 2.75) is 219 Å². The first kappa shape index (κ1) is 82.4. The molecule has 1 aromatic rings. The summed E-state index contributed by atoms with van der Waals surface area (Å²) in [4.78, 5) is 144. The number of nitrogens with zero attached hydrogens (tertiary/aromatic N) is 3. The molecule has 27 nitrogen and oxygen atoms in total. The minimum absolute atomic E-state index is 0. The molecule has 3 N–H and O–H groups in total. The van der Waals surface area contributed by atoms with Gasteiger partial charge >= 0.3 is 72.7 Å². The van der Waals surface area contributed by atoms with E-state index in [9.17, 15) is 57.5 Å². The molecule has 0 aromatic heterocycles. The van der Waals surface area contributed by atoms with Crippen molar-refractivity contribution >= 4 is 110 Å². The first-order chi connectivity index (χ1) is 39.7. The fourth-order valence-corrected chi connectivity index (χ4v) is 5.72. The van der Waals surface area contributed by atoms with E-state index in [0.29, 0.717) is 5.56 Å². The molecule has 0 aliphatic rings. The summed E-state index contributed by atoms with van der Waals surface area (Å²) in [6, 6.07) is 5.07. The van der Waals surface area contributed by atoms with Crippen molar-refractivity contribution in [1.29, 1.82) is 0 Å². The maximum Gasteiger partial charge on any atom is 0.411 e. The summed E-state index contributed by atoms with van der Waals surface area (Å²) < 4.78 is 56.0. The number of rotatable bonds is 28. The largest absolute Gasteiger partial charge is 0.461 e. The molecule has 486 valence electrons. The number of benzene rings is 1. The van der Waals surface area contributed by atoms with E-state index in [0.717, 1.165) is 18.6 Å². The molecule has 0 fully saturated rings. The van der Waals surface area contributed by atoms with Crippen molar-refractivity contribution in [1.82, 2.24) is 30.0 Å². The van der Waals surface area contributed by atoms with Gasteiger partial charge in [0.25, 0.3) is 26.4 Å². The summed E-state index contributed by atoms with van der Waals surface area (Å²) in [6.45, 7) is 37.2. The fourth-order valence-electron chi connectivity index (χ4n) is 5.72. The van der Waals surface area contributed by atoms with Crippen LogP contribution in [-0.4, -0.2) is 159 Å². The van der Waals surface area contributed by atoms with E-state index in [-0.39, 0.29) is 63.3 Å². The zero-order valence-corrected chi connectivity index (χ0v) is 52.6. The number of carbonyl (C=O) groups is 12. The van der Waals surface area contributed by atoms with Gasteiger partial charge in [-0.25, -0.2) is 28.8 Å². The zero-order valence-electron chi connectivity index (χ0n) is 52.6. The number of nitrogens with one attached hydrogen (secondary N) is 3. The predicted octanol–water partition coefficient (Wildman–Crippen LogP) is 5.46. The highest BCUT2D eigenvalue weighted by molar-refractivity contribution is 6.28. The van der Waals surface area contributed by atoms with E-state index in [1.54, 1.807) is 134 Å². The lowest BCUT2D eigenvalue weighted by atomic mass is 9.97. The summed E-state index contributed by atoms with van der Waals surface area (Å²) >= 11 is 0. The van der Waals surface area contributed by atoms with Crippen LogP contribution in [0.2, 0.25) is 0 Å². The number of esters is 6. The average molecular weight is 1230 g/mol. The second kappa shape index (κ2) is 41.3. The Balaban J connectivity index is -0.00000122. The van der Waals surface area contributed by atoms with Crippen LogP contribution in [0.25, 0.3) is 0 Å². The van der Waals surface area contributed by atoms with Crippen LogP contribution in [0.4, 0.5) is 14.4 Å². The van der Waals surface area contributed by atoms with E-state index >= 15 is 0 Å². The Labute approximate surface area is 509 Å². The number of ether oxygens (including phenoxy) is 9. The quantitative estimate of drug-likeness (QED) is 0.0308. The lowest BCUT2D eigenvalue weighted by Gasteiger charge is -2.24. The van der Waals surface area contributed by atoms with E-state index in [4.69, 9.17) is 42.6 Å². The molecular formula is C60H93N6O21+3. The molecule has 3 amide bonds. The SMILES string of the molecule is C.C=[N+]=CC(=O)CC[C@H](NC(=O)OC(OC(=O)C(C)(C)C)c1ccccc1)C(=O)OC(C)C.C=[N+]=CC(=O)CC[C@H](NC(=O)O[C@H](C)OC(=O)C(C)(C)C)C(=O)OC(C)C.C=[N+]=CC(=O)CC[C@H](NC(=O)O[C@H](C)OC(=O)C(C)(C)C)C(=O)OC(C)C. The van der Waals surface area contributed by atoms with E-state index in [1.807, 2.05) is 0 Å². The summed E-state index contributed by atoms with van der Waals surface area (Å²) in [5, 5.41) is 7.04. The third-order valence-corrected chi connectivity index (χ3v) is 9.96. The predicted molar refractivity (Wildman–Crippen MR) is 324 cm³/mol. The molecule has 1 rings (SSSR count). The van der Waals surface area contributed by atoms with Gasteiger partial charge in [0.1, 0.15) is 18.1 Å². The van der Waals surface area contributed by atoms with Crippen molar-refractivity contribution in [2.75, 3.05) is 0 Å². The Hall–Kier alpha value is -8.79. The second-order valence-corrected chi connectivity index (χ2v) is 22.6. The topological polar surface area (TPSA) is 366 Å². The standard InChI is InChI=1S/C23H30N2O7.2C18H28N2O7.CH4/c1-15(2)30-19(27)18(13-12-17(26)14-24-6)25-22(29)32-20(16-10-8-7-9-11-16)31-21(28)23(3,4)5;2*1-11(2)25-15(22)14(9-8-13(21)10-19-7)20-17(24)27-12(3)26-16(23)18(4,5)6;/h7-11,14-15,18,20H,6,12-13H2,1-5H3;2*10-12,14H,7-9H2,1-6H3;1H4/p+3/t18-,20?;2*12-,14+;/m011./s1. The van der Waals surface area contributed by atoms with Crippen LogP contribution >= 0.6 is 0 Å². The van der Waals surface area contributed by atoms with Crippen LogP contribution in [0.15, 0.2) is 30.3 Å². The molecule has 0 radical (unpaired) electrons. The first-order valence-electron chi connectivity index (χ1n) is 27.3. The number of carbonyl (C=O) groups excluding carboxylic acids is 12. The molecule has 0 spiro atoms. The molecular weight excluding hydrogens is 1140 g/mol. The average Bonchev–Trinajstić information content (AvgIpc) is 3.57. The minimum Gasteiger partial charge on any atom is -0.461 e. The number of amides is 3. The van der Waals surface area contributed by atoms with Gasteiger partial charge < -0.3 is 58.6 Å². The summed E-state index contributed by atoms with van der Waals surface area (Å²) in [6.07, 6.45) is -4.99. The van der Waals surface area contributed by atoms with Crippen molar-refractivity contribution in [3.63, 3.8) is 0 Å². The maximum absolute atomic E-state index is 12.6. The molecule has 0 saturated carbocycles. The Morgan fingerprint density at radius 2 is 0.678 bits per heavy atom. The number of Topliss-reactive ketones (excluding diaryl/α,β-unsaturated/α-hetero) is 3. The number of hydrogen-bond donors (Lipinski definition) is 3. The molecule has 0 aliphatic heterocycles. The lowest BCUT2D eigenvalue weighted by molar-refractivity contribution is -0.179. The lowest BCUT2D eigenvalue weighted by Crippen LogP contribution is -2.44. The Kier molecular flexibility index (Phi) is 39.1. The highest BCUT2D eigenvalue weighted by atomic mass is 16.7. The zero-order chi connectivity index (χ0) is 66.7. The van der Waals surface area contributed by atoms with Crippen molar-refractivity contribution < 1.29 is 100 Å². The van der Waals surface area contributed by atoms with Crippen LogP contribution < -0.4 is 30.0 Å². The van der Waals surface area contributed by atoms with Gasteiger partial charge in [0, 0.05) is 38.7 Å². The van der Waals surface area contributed by atoms with Crippen molar-refractivity contribution in [3.8, 4) is 0 Å². The monoisotopic (exact) mass is 1230 g/mol. The second-order valence-electron chi connectivity index (χ2n) is 22.6. The Morgan fingerprint density at radius 1 is 0.414 bits per heavy atom. The van der Waals surface area contributed by atoms with Crippen LogP contribution in [0.5, 0.6) is 0 Å². The van der Waals surface area contributed by atoms with Gasteiger partial charge in [-0.15, -0.1) is 14.0 Å². The van der Waals surface area contributed by atoms with Crippen LogP contribution in [0.1, 0.15) is 176 Å². The fraction of sp³-hybridized carbons (Fsp3) is 0.600. The summed E-state index contributed by atoms with van der Waals surface area (Å²) in [7, 11) is 0. The molecule has 0 aliphatic carbocycles. The van der Waals surface area contributed by atoms with Crippen LogP contribution in [-0.2, 0) is 85.8 Å². The normalized spacial score (nSPS) is 12.7. The van der Waals surface area contributed by atoms with E-state index in [1.165, 1.54) is 13.8 Å². The molecule has 0 saturated heterocycles. The van der Waals surface area contributed by atoms with Crippen LogP contribution in [0, 0.1) is 16.2 Å². The number of alkyl carbamates (subject to hydrolysis) is 3. The smallest absolute Gasteiger partial charge is 0.411 e. The Morgan fingerprint density at radius 3 is 0.931 bits per heavy atom. The third kappa shape index (κ3) is 39.5. The van der Waals surface area contributed by atoms with Gasteiger partial charge in [-0.2, -0.15) is 0 Å². The van der Waals surface area contributed by atoms with Gasteiger partial charge in [-0.05, 0) is 123 Å². The van der Waals surface area contributed by atoms with Crippen molar-refractivity contribution in [3.05, 3.63) is 35.9 Å². The van der Waals surface area contributed by atoms with E-state index in [2.05, 4.69) is 50.1 Å². The third-order valence-electron chi connectivity index (χ3n) is 9.96. The molecule has 0 heterocycles. The molecule has 6 atom stereocenters. The summed E-state index contributed by atoms with van der Waals surface area (Å²) in [5.74, 6) is -4.87. The van der Waals surface area contributed by atoms with Gasteiger partial charge in [-0.3, -0.25) is 28.8 Å². The Bertz CT molecular complexity index is 2510. The molecule has 1 aromatic carbocycles.